The van der Waals surface area contributed by atoms with Crippen molar-refractivity contribution in [3.63, 3.8) is 0 Å². The second-order valence-corrected chi connectivity index (χ2v) is 7.64. The molecule has 0 amide bonds. The quantitative estimate of drug-likeness (QED) is 0.417. The zero-order chi connectivity index (χ0) is 19.9. The van der Waals surface area contributed by atoms with E-state index in [0.29, 0.717) is 11.6 Å². The molecule has 1 unspecified atom stereocenters. The van der Waals surface area contributed by atoms with E-state index in [-0.39, 0.29) is 5.97 Å². The van der Waals surface area contributed by atoms with Gasteiger partial charge in [-0.3, -0.25) is 0 Å². The molecule has 1 aromatic rings. The van der Waals surface area contributed by atoms with Gasteiger partial charge < -0.3 is 9.47 Å². The molecule has 0 fully saturated rings. The minimum Gasteiger partial charge on any atom is -0.464 e. The number of carbonyl (C=O) groups excluding carboxylic acids is 1. The Balaban J connectivity index is 3.57. The molecule has 0 heterocycles. The second-order valence-electron chi connectivity index (χ2n) is 7.20. The van der Waals surface area contributed by atoms with Crippen LogP contribution in [0.25, 0.3) is 5.57 Å². The zero-order valence-corrected chi connectivity index (χ0v) is 17.7. The van der Waals surface area contributed by atoms with Crippen LogP contribution in [-0.4, -0.2) is 24.3 Å². The van der Waals surface area contributed by atoms with E-state index in [9.17, 15) is 4.79 Å². The van der Waals surface area contributed by atoms with Crippen LogP contribution in [0.5, 0.6) is 0 Å². The molecule has 0 aliphatic rings. The predicted octanol–water partition coefficient (Wildman–Crippen LogP) is 6.22. The van der Waals surface area contributed by atoms with Gasteiger partial charge >= 0.3 is 5.97 Å². The first-order valence-electron chi connectivity index (χ1n) is 9.09. The maximum atomic E-state index is 12.7. The first kappa shape index (κ1) is 22.5. The van der Waals surface area contributed by atoms with Gasteiger partial charge in [-0.15, -0.1) is 0 Å². The van der Waals surface area contributed by atoms with Crippen molar-refractivity contribution in [3.05, 3.63) is 52.1 Å². The summed E-state index contributed by atoms with van der Waals surface area (Å²) in [4.78, 5) is 12.7. The van der Waals surface area contributed by atoms with Gasteiger partial charge in [-0.2, -0.15) is 0 Å². The van der Waals surface area contributed by atoms with Crippen LogP contribution in [-0.2, 0) is 14.3 Å². The Morgan fingerprint density at radius 3 is 2.19 bits per heavy atom. The minimum atomic E-state index is -0.784. The summed E-state index contributed by atoms with van der Waals surface area (Å²) in [5, 5.41) is 0.678. The third-order valence-electron chi connectivity index (χ3n) is 3.85. The highest BCUT2D eigenvalue weighted by Crippen LogP contribution is 2.31. The van der Waals surface area contributed by atoms with Crippen molar-refractivity contribution in [3.8, 4) is 0 Å². The Morgan fingerprint density at radius 1 is 1.15 bits per heavy atom. The number of benzene rings is 1. The smallest absolute Gasteiger partial charge is 0.339 e. The molecule has 0 aliphatic heterocycles. The average molecular weight is 379 g/mol. The molecule has 0 spiro atoms. The Morgan fingerprint density at radius 2 is 1.73 bits per heavy atom. The molecular formula is C22H31ClO3. The number of carbonyl (C=O) groups is 1. The number of esters is 1. The van der Waals surface area contributed by atoms with Crippen molar-refractivity contribution in [2.75, 3.05) is 6.61 Å². The van der Waals surface area contributed by atoms with Gasteiger partial charge in [-0.25, -0.2) is 4.79 Å². The van der Waals surface area contributed by atoms with Gasteiger partial charge in [0.05, 0.1) is 12.2 Å². The summed E-state index contributed by atoms with van der Waals surface area (Å²) in [5.41, 5.74) is 3.35. The summed E-state index contributed by atoms with van der Waals surface area (Å²) in [5.74, 6) is -0.366. The van der Waals surface area contributed by atoms with Crippen molar-refractivity contribution >= 4 is 23.1 Å². The Kier molecular flexibility index (Phi) is 8.58. The Labute approximate surface area is 163 Å². The van der Waals surface area contributed by atoms with Crippen LogP contribution in [0.1, 0.15) is 60.5 Å². The monoisotopic (exact) mass is 378 g/mol. The number of ether oxygens (including phenoxy) is 2. The highest BCUT2D eigenvalue weighted by atomic mass is 35.5. The predicted molar refractivity (Wildman–Crippen MR) is 109 cm³/mol. The van der Waals surface area contributed by atoms with Gasteiger partial charge in [-0.1, -0.05) is 36.7 Å². The molecule has 1 rings (SSSR count). The van der Waals surface area contributed by atoms with E-state index in [0.717, 1.165) is 28.7 Å². The maximum Gasteiger partial charge on any atom is 0.339 e. The highest BCUT2D eigenvalue weighted by molar-refractivity contribution is 6.30. The Bertz CT molecular complexity index is 664. The average Bonchev–Trinajstić information content (AvgIpc) is 2.54. The van der Waals surface area contributed by atoms with Crippen molar-refractivity contribution in [1.29, 1.82) is 0 Å². The maximum absolute atomic E-state index is 12.7. The SMILES string of the molecule is CCC=C(C)C(=C(C)c1ccc(Cl)cc1)C(OC(C)(C)C)C(=O)OCC. The number of hydrogen-bond acceptors (Lipinski definition) is 3. The molecule has 0 aliphatic carbocycles. The highest BCUT2D eigenvalue weighted by Gasteiger charge is 2.32. The van der Waals surface area contributed by atoms with E-state index in [1.807, 2.05) is 58.9 Å². The minimum absolute atomic E-state index is 0.312. The fraction of sp³-hybridized carbons (Fsp3) is 0.500. The molecular weight excluding hydrogens is 348 g/mol. The molecule has 0 N–H and O–H groups in total. The lowest BCUT2D eigenvalue weighted by molar-refractivity contribution is -0.161. The summed E-state index contributed by atoms with van der Waals surface area (Å²) in [6.45, 7) is 14.0. The van der Waals surface area contributed by atoms with Crippen LogP contribution in [0, 0.1) is 0 Å². The summed E-state index contributed by atoms with van der Waals surface area (Å²) >= 11 is 6.02. The van der Waals surface area contributed by atoms with Crippen LogP contribution in [0.4, 0.5) is 0 Å². The van der Waals surface area contributed by atoms with Gasteiger partial charge in [0.15, 0.2) is 6.10 Å². The van der Waals surface area contributed by atoms with Gasteiger partial charge in [0, 0.05) is 5.02 Å². The lowest BCUT2D eigenvalue weighted by Gasteiger charge is -2.29. The third-order valence-corrected chi connectivity index (χ3v) is 4.10. The van der Waals surface area contributed by atoms with Gasteiger partial charge in [0.2, 0.25) is 0 Å². The summed E-state index contributed by atoms with van der Waals surface area (Å²) in [6, 6.07) is 7.61. The number of hydrogen-bond donors (Lipinski definition) is 0. The van der Waals surface area contributed by atoms with Crippen LogP contribution >= 0.6 is 11.6 Å². The molecule has 26 heavy (non-hydrogen) atoms. The molecule has 0 bridgehead atoms. The molecule has 4 heteroatoms. The van der Waals surface area contributed by atoms with E-state index < -0.39 is 11.7 Å². The van der Waals surface area contributed by atoms with Crippen molar-refractivity contribution in [1.82, 2.24) is 0 Å². The first-order chi connectivity index (χ1) is 12.1. The molecule has 0 saturated heterocycles. The standard InChI is InChI=1S/C22H31ClO3/c1-8-10-15(3)19(16(4)17-11-13-18(23)14-12-17)20(21(24)25-9-2)26-22(5,6)7/h10-14,20H,8-9H2,1-7H3. The number of rotatable bonds is 7. The molecule has 1 aromatic carbocycles. The van der Waals surface area contributed by atoms with Crippen molar-refractivity contribution < 1.29 is 14.3 Å². The van der Waals surface area contributed by atoms with Gasteiger partial charge in [-0.05, 0) is 82.4 Å². The topological polar surface area (TPSA) is 35.5 Å². The fourth-order valence-electron chi connectivity index (χ4n) is 2.77. The summed E-state index contributed by atoms with van der Waals surface area (Å²) in [6.07, 6.45) is 2.19. The summed E-state index contributed by atoms with van der Waals surface area (Å²) < 4.78 is 11.5. The van der Waals surface area contributed by atoms with Crippen molar-refractivity contribution in [2.24, 2.45) is 0 Å². The second kappa shape index (κ2) is 9.94. The van der Waals surface area contributed by atoms with Gasteiger partial charge in [0.1, 0.15) is 0 Å². The lowest BCUT2D eigenvalue weighted by Crippen LogP contribution is -2.36. The van der Waals surface area contributed by atoms with E-state index in [4.69, 9.17) is 21.1 Å². The van der Waals surface area contributed by atoms with Gasteiger partial charge in [0.25, 0.3) is 0 Å². The van der Waals surface area contributed by atoms with Crippen LogP contribution in [0.2, 0.25) is 5.02 Å². The number of allylic oxidation sites excluding steroid dienone is 2. The summed E-state index contributed by atoms with van der Waals surface area (Å²) in [7, 11) is 0. The lowest BCUT2D eigenvalue weighted by atomic mass is 9.91. The normalized spacial score (nSPS) is 14.7. The van der Waals surface area contributed by atoms with Crippen LogP contribution in [0.15, 0.2) is 41.5 Å². The van der Waals surface area contributed by atoms with E-state index in [1.54, 1.807) is 6.92 Å². The Hall–Kier alpha value is -1.58. The first-order valence-corrected chi connectivity index (χ1v) is 9.46. The zero-order valence-electron chi connectivity index (χ0n) is 17.0. The van der Waals surface area contributed by atoms with E-state index >= 15 is 0 Å². The molecule has 0 aromatic heterocycles. The van der Waals surface area contributed by atoms with Crippen LogP contribution < -0.4 is 0 Å². The molecule has 0 radical (unpaired) electrons. The van der Waals surface area contributed by atoms with E-state index in [1.165, 1.54) is 0 Å². The number of halogens is 1. The molecule has 1 atom stereocenters. The third kappa shape index (κ3) is 6.62. The molecule has 3 nitrogen and oxygen atoms in total. The van der Waals surface area contributed by atoms with Crippen molar-refractivity contribution in [2.45, 2.75) is 66.6 Å². The van der Waals surface area contributed by atoms with E-state index in [2.05, 4.69) is 13.0 Å². The fourth-order valence-corrected chi connectivity index (χ4v) is 2.89. The molecule has 0 saturated carbocycles. The molecule has 144 valence electrons. The largest absolute Gasteiger partial charge is 0.464 e. The van der Waals surface area contributed by atoms with Crippen LogP contribution in [0.3, 0.4) is 0 Å².